The first-order chi connectivity index (χ1) is 12.5. The zero-order chi connectivity index (χ0) is 18.4. The van der Waals surface area contributed by atoms with Crippen LogP contribution in [0.15, 0.2) is 79.1 Å². The minimum atomic E-state index is -0.414. The highest BCUT2D eigenvalue weighted by atomic mass is 16.3. The van der Waals surface area contributed by atoms with Crippen LogP contribution in [0.4, 0.5) is 5.69 Å². The summed E-state index contributed by atoms with van der Waals surface area (Å²) in [5.74, 6) is 0.294. The molecule has 1 atom stereocenters. The van der Waals surface area contributed by atoms with Crippen LogP contribution in [0, 0.1) is 0 Å². The molecule has 1 aliphatic heterocycles. The highest BCUT2D eigenvalue weighted by Crippen LogP contribution is 2.54. The van der Waals surface area contributed by atoms with E-state index >= 15 is 0 Å². The topological polar surface area (TPSA) is 28.4 Å². The van der Waals surface area contributed by atoms with E-state index in [-0.39, 0.29) is 5.41 Å². The maximum Gasteiger partial charge on any atom is 0.145 e. The third-order valence-corrected chi connectivity index (χ3v) is 5.80. The number of likely N-dealkylation sites (N-methyl/N-ethyl adjacent to an activating group) is 1. The second-order valence-electron chi connectivity index (χ2n) is 7.41. The Hall–Kier alpha value is -2.94. The number of hydrogen-bond donors (Lipinski definition) is 1. The molecule has 0 saturated carbocycles. The number of fused-ring (bicyclic) bond motifs is 1. The minimum Gasteiger partial charge on any atom is -0.507 e. The maximum atomic E-state index is 10.2. The van der Waals surface area contributed by atoms with Crippen molar-refractivity contribution in [2.75, 3.05) is 11.9 Å². The zero-order valence-electron chi connectivity index (χ0n) is 15.4. The molecular formula is C23H24N2O. The van der Waals surface area contributed by atoms with Gasteiger partial charge in [-0.05, 0) is 35.9 Å². The van der Waals surface area contributed by atoms with Crippen molar-refractivity contribution in [1.29, 1.82) is 0 Å². The van der Waals surface area contributed by atoms with Gasteiger partial charge in [0, 0.05) is 36.1 Å². The highest BCUT2D eigenvalue weighted by Gasteiger charge is 2.55. The normalized spacial score (nSPS) is 21.3. The average molecular weight is 344 g/mol. The van der Waals surface area contributed by atoms with Gasteiger partial charge in [-0.2, -0.15) is 0 Å². The maximum absolute atomic E-state index is 10.2. The predicted octanol–water partition coefficient (Wildman–Crippen LogP) is 4.99. The monoisotopic (exact) mass is 344 g/mol. The number of aromatic nitrogens is 1. The third kappa shape index (κ3) is 2.13. The van der Waals surface area contributed by atoms with Crippen molar-refractivity contribution in [3.63, 3.8) is 0 Å². The first-order valence-electron chi connectivity index (χ1n) is 8.92. The molecule has 3 nitrogen and oxygen atoms in total. The Bertz CT molecular complexity index is 956. The summed E-state index contributed by atoms with van der Waals surface area (Å²) in [5.41, 5.74) is 2.78. The Morgan fingerprint density at radius 1 is 0.885 bits per heavy atom. The van der Waals surface area contributed by atoms with Crippen LogP contribution < -0.4 is 4.90 Å². The molecule has 0 spiro atoms. The molecule has 0 bridgehead atoms. The van der Waals surface area contributed by atoms with Crippen LogP contribution in [0.1, 0.15) is 25.0 Å². The lowest BCUT2D eigenvalue weighted by Gasteiger charge is -2.45. The van der Waals surface area contributed by atoms with Gasteiger partial charge in [0.25, 0.3) is 0 Å². The van der Waals surface area contributed by atoms with Crippen molar-refractivity contribution in [1.82, 2.24) is 4.57 Å². The molecule has 26 heavy (non-hydrogen) atoms. The van der Waals surface area contributed by atoms with Gasteiger partial charge >= 0.3 is 0 Å². The number of benzene rings is 2. The fraction of sp³-hybridized carbons (Fsp3) is 0.217. The van der Waals surface area contributed by atoms with Gasteiger partial charge in [-0.3, -0.25) is 0 Å². The van der Waals surface area contributed by atoms with Gasteiger partial charge in [0.2, 0.25) is 0 Å². The SMILES string of the molecule is CN1c2ccccc2C(C)(C)C1(C=Cc1ccccc1O)n1cccc1. The first kappa shape index (κ1) is 16.5. The number of rotatable bonds is 3. The van der Waals surface area contributed by atoms with Crippen LogP contribution in [-0.2, 0) is 11.1 Å². The Balaban J connectivity index is 1.94. The lowest BCUT2D eigenvalue weighted by molar-refractivity contribution is 0.238. The van der Waals surface area contributed by atoms with E-state index in [9.17, 15) is 5.11 Å². The molecule has 4 rings (SSSR count). The van der Waals surface area contributed by atoms with E-state index in [1.165, 1.54) is 11.3 Å². The molecule has 0 aliphatic carbocycles. The van der Waals surface area contributed by atoms with Crippen LogP contribution in [0.25, 0.3) is 6.08 Å². The van der Waals surface area contributed by atoms with Crippen molar-refractivity contribution in [3.05, 3.63) is 90.3 Å². The fourth-order valence-electron chi connectivity index (χ4n) is 4.39. The summed E-state index contributed by atoms with van der Waals surface area (Å²) in [6, 6.07) is 20.1. The lowest BCUT2D eigenvalue weighted by Crippen LogP contribution is -2.54. The molecule has 0 radical (unpaired) electrons. The van der Waals surface area contributed by atoms with Crippen LogP contribution in [0.3, 0.4) is 0 Å². The van der Waals surface area contributed by atoms with Crippen molar-refractivity contribution in [2.45, 2.75) is 24.9 Å². The third-order valence-electron chi connectivity index (χ3n) is 5.80. The van der Waals surface area contributed by atoms with Crippen LogP contribution in [-0.4, -0.2) is 16.7 Å². The van der Waals surface area contributed by atoms with E-state index in [0.717, 1.165) is 5.56 Å². The highest BCUT2D eigenvalue weighted by molar-refractivity contribution is 5.69. The number of nitrogens with zero attached hydrogens (tertiary/aromatic N) is 2. The molecule has 1 aliphatic rings. The molecule has 2 aromatic carbocycles. The number of aromatic hydroxyl groups is 1. The van der Waals surface area contributed by atoms with Gasteiger partial charge in [-0.1, -0.05) is 56.3 Å². The molecule has 3 aromatic rings. The Kier molecular flexibility index (Phi) is 3.69. The Labute approximate surface area is 154 Å². The molecular weight excluding hydrogens is 320 g/mol. The van der Waals surface area contributed by atoms with Crippen molar-refractivity contribution in [3.8, 4) is 5.75 Å². The fourth-order valence-corrected chi connectivity index (χ4v) is 4.39. The number of phenolic OH excluding ortho intramolecular Hbond substituents is 1. The summed E-state index contributed by atoms with van der Waals surface area (Å²) in [5, 5.41) is 10.2. The average Bonchev–Trinajstić information content (AvgIpc) is 3.22. The number of para-hydroxylation sites is 2. The summed E-state index contributed by atoms with van der Waals surface area (Å²) in [4.78, 5) is 2.33. The van der Waals surface area contributed by atoms with Gasteiger partial charge in [0.05, 0.1) is 0 Å². The molecule has 1 N–H and O–H groups in total. The predicted molar refractivity (Wildman–Crippen MR) is 107 cm³/mol. The largest absolute Gasteiger partial charge is 0.507 e. The number of hydrogen-bond acceptors (Lipinski definition) is 2. The van der Waals surface area contributed by atoms with E-state index in [1.807, 2.05) is 24.3 Å². The number of phenols is 1. The standard InChI is InChI=1S/C23H24N2O/c1-22(2)19-11-5-6-12-20(19)24(3)23(22,25-16-8-9-17-25)15-14-18-10-4-7-13-21(18)26/h4-17,26H,1-3H3. The lowest BCUT2D eigenvalue weighted by atomic mass is 9.75. The molecule has 0 saturated heterocycles. The van der Waals surface area contributed by atoms with Gasteiger partial charge in [-0.25, -0.2) is 0 Å². The summed E-state index contributed by atoms with van der Waals surface area (Å²) in [6.07, 6.45) is 8.46. The van der Waals surface area contributed by atoms with E-state index in [1.54, 1.807) is 6.07 Å². The van der Waals surface area contributed by atoms with Gasteiger partial charge in [0.1, 0.15) is 11.4 Å². The van der Waals surface area contributed by atoms with E-state index in [2.05, 4.69) is 85.2 Å². The van der Waals surface area contributed by atoms with Crippen molar-refractivity contribution in [2.24, 2.45) is 0 Å². The van der Waals surface area contributed by atoms with Crippen LogP contribution in [0.5, 0.6) is 5.75 Å². The van der Waals surface area contributed by atoms with Crippen molar-refractivity contribution >= 4 is 11.8 Å². The quantitative estimate of drug-likeness (QED) is 0.725. The summed E-state index contributed by atoms with van der Waals surface area (Å²) in [6.45, 7) is 4.56. The second-order valence-corrected chi connectivity index (χ2v) is 7.41. The van der Waals surface area contributed by atoms with E-state index in [0.29, 0.717) is 5.75 Å². The zero-order valence-corrected chi connectivity index (χ0v) is 15.4. The van der Waals surface area contributed by atoms with E-state index < -0.39 is 5.66 Å². The molecule has 1 unspecified atom stereocenters. The Morgan fingerprint density at radius 3 is 2.23 bits per heavy atom. The van der Waals surface area contributed by atoms with E-state index in [4.69, 9.17) is 0 Å². The minimum absolute atomic E-state index is 0.168. The molecule has 3 heteroatoms. The van der Waals surface area contributed by atoms with Gasteiger partial charge in [-0.15, -0.1) is 0 Å². The Morgan fingerprint density at radius 2 is 1.54 bits per heavy atom. The molecule has 132 valence electrons. The summed E-state index contributed by atoms with van der Waals surface area (Å²) in [7, 11) is 2.14. The molecule has 0 fully saturated rings. The van der Waals surface area contributed by atoms with Gasteiger partial charge < -0.3 is 14.6 Å². The summed E-state index contributed by atoms with van der Waals surface area (Å²) >= 11 is 0. The molecule has 0 amide bonds. The van der Waals surface area contributed by atoms with Crippen molar-refractivity contribution < 1.29 is 5.11 Å². The molecule has 1 aromatic heterocycles. The van der Waals surface area contributed by atoms with Gasteiger partial charge in [0.15, 0.2) is 0 Å². The first-order valence-corrected chi connectivity index (χ1v) is 8.92. The molecule has 2 heterocycles. The van der Waals surface area contributed by atoms with Crippen LogP contribution in [0.2, 0.25) is 0 Å². The van der Waals surface area contributed by atoms with Crippen LogP contribution >= 0.6 is 0 Å². The second kappa shape index (κ2) is 5.80. The smallest absolute Gasteiger partial charge is 0.145 e. The number of anilines is 1. The summed E-state index contributed by atoms with van der Waals surface area (Å²) < 4.78 is 2.25.